The molecule has 1 heterocycles. The highest BCUT2D eigenvalue weighted by molar-refractivity contribution is 7.90. The number of amides is 1. The lowest BCUT2D eigenvalue weighted by atomic mass is 9.67. The smallest absolute Gasteiger partial charge is 0.304 e. The zero-order valence-corrected chi connectivity index (χ0v) is 21.0. The number of nitrogens with zero attached hydrogens (tertiary/aromatic N) is 1. The third-order valence-corrected chi connectivity index (χ3v) is 7.73. The maximum Gasteiger partial charge on any atom is 0.304 e. The number of hydrogen-bond acceptors (Lipinski definition) is 4. The second kappa shape index (κ2) is 9.65. The van der Waals surface area contributed by atoms with Gasteiger partial charge in [0.15, 0.2) is 0 Å². The molecule has 1 aliphatic rings. The molecule has 6 nitrogen and oxygen atoms in total. The largest absolute Gasteiger partial charge is 0.481 e. The highest BCUT2D eigenvalue weighted by Gasteiger charge is 2.52. The van der Waals surface area contributed by atoms with E-state index in [-0.39, 0.29) is 30.4 Å². The first-order valence-electron chi connectivity index (χ1n) is 10.5. The Morgan fingerprint density at radius 3 is 2.33 bits per heavy atom. The van der Waals surface area contributed by atoms with E-state index in [2.05, 4.69) is 0 Å². The van der Waals surface area contributed by atoms with Crippen molar-refractivity contribution in [1.82, 2.24) is 4.90 Å². The molecule has 178 valence electrons. The van der Waals surface area contributed by atoms with Crippen molar-refractivity contribution in [3.8, 4) is 0 Å². The van der Waals surface area contributed by atoms with Crippen LogP contribution in [0.5, 0.6) is 0 Å². The molecule has 33 heavy (non-hydrogen) atoms. The number of carboxylic acids is 1. The minimum absolute atomic E-state index is 0.242. The number of benzene rings is 2. The van der Waals surface area contributed by atoms with Crippen LogP contribution in [0.3, 0.4) is 0 Å². The summed E-state index contributed by atoms with van der Waals surface area (Å²) in [5, 5.41) is 10.6. The number of halogens is 2. The Balaban J connectivity index is 2.23. The van der Waals surface area contributed by atoms with E-state index in [4.69, 9.17) is 23.2 Å². The number of likely N-dealkylation sites (tertiary alicyclic amines) is 1. The highest BCUT2D eigenvalue weighted by Crippen LogP contribution is 2.52. The fourth-order valence-electron chi connectivity index (χ4n) is 4.88. The molecule has 2 aromatic rings. The van der Waals surface area contributed by atoms with Gasteiger partial charge in [-0.1, -0.05) is 54.4 Å². The van der Waals surface area contributed by atoms with Gasteiger partial charge in [-0.3, -0.25) is 9.59 Å². The van der Waals surface area contributed by atoms with E-state index in [9.17, 15) is 23.1 Å². The number of carbonyl (C=O) groups is 2. The third-order valence-electron chi connectivity index (χ3n) is 6.15. The van der Waals surface area contributed by atoms with Crippen LogP contribution in [0.1, 0.15) is 49.8 Å². The molecule has 0 saturated carbocycles. The summed E-state index contributed by atoms with van der Waals surface area (Å²) >= 11 is 12.4. The molecular weight excluding hydrogens is 485 g/mol. The van der Waals surface area contributed by atoms with Gasteiger partial charge in [0.25, 0.3) is 0 Å². The number of carbonyl (C=O) groups excluding carboxylic acids is 1. The molecule has 1 saturated heterocycles. The summed E-state index contributed by atoms with van der Waals surface area (Å²) in [5.74, 6) is -2.02. The molecule has 0 unspecified atom stereocenters. The minimum Gasteiger partial charge on any atom is -0.481 e. The summed E-state index contributed by atoms with van der Waals surface area (Å²) in [6, 6.07) is 13.1. The van der Waals surface area contributed by atoms with Crippen LogP contribution < -0.4 is 0 Å². The highest BCUT2D eigenvalue weighted by atomic mass is 35.5. The van der Waals surface area contributed by atoms with Gasteiger partial charge in [0.05, 0.1) is 23.6 Å². The zero-order chi connectivity index (χ0) is 24.6. The Labute approximate surface area is 204 Å². The third kappa shape index (κ3) is 5.89. The predicted molar refractivity (Wildman–Crippen MR) is 129 cm³/mol. The van der Waals surface area contributed by atoms with E-state index < -0.39 is 33.3 Å². The Bertz CT molecular complexity index is 1150. The summed E-state index contributed by atoms with van der Waals surface area (Å²) in [7, 11) is -3.41. The molecule has 1 fully saturated rings. The molecule has 1 amide bonds. The quantitative estimate of drug-likeness (QED) is 0.566. The first-order valence-corrected chi connectivity index (χ1v) is 13.4. The monoisotopic (exact) mass is 511 g/mol. The van der Waals surface area contributed by atoms with Gasteiger partial charge in [-0.05, 0) is 48.7 Å². The van der Waals surface area contributed by atoms with Gasteiger partial charge >= 0.3 is 5.97 Å². The summed E-state index contributed by atoms with van der Waals surface area (Å²) in [5.41, 5.74) is 0.423. The molecule has 9 heteroatoms. The Hall–Kier alpha value is -2.09. The summed E-state index contributed by atoms with van der Waals surface area (Å²) in [6.07, 6.45) is 1.03. The molecule has 1 aliphatic heterocycles. The van der Waals surface area contributed by atoms with Gasteiger partial charge in [0, 0.05) is 28.3 Å². The molecule has 0 radical (unpaired) electrons. The van der Waals surface area contributed by atoms with Gasteiger partial charge in [-0.2, -0.15) is 0 Å². The molecule has 0 aliphatic carbocycles. The van der Waals surface area contributed by atoms with E-state index in [0.29, 0.717) is 10.0 Å². The summed E-state index contributed by atoms with van der Waals surface area (Å²) < 4.78 is 24.3. The first-order chi connectivity index (χ1) is 15.3. The fraction of sp³-hybridized carbons (Fsp3) is 0.417. The molecule has 3 rings (SSSR count). The van der Waals surface area contributed by atoms with E-state index >= 15 is 0 Å². The van der Waals surface area contributed by atoms with Crippen LogP contribution in [0.4, 0.5) is 0 Å². The van der Waals surface area contributed by atoms with E-state index in [1.165, 1.54) is 0 Å². The van der Waals surface area contributed by atoms with Crippen LogP contribution >= 0.6 is 23.2 Å². The number of carboxylic acid groups (broad SMARTS) is 1. The van der Waals surface area contributed by atoms with Crippen molar-refractivity contribution in [1.29, 1.82) is 0 Å². The van der Waals surface area contributed by atoms with E-state index in [1.54, 1.807) is 36.9 Å². The van der Waals surface area contributed by atoms with Crippen molar-refractivity contribution in [2.75, 3.05) is 12.0 Å². The molecule has 2 aromatic carbocycles. The Morgan fingerprint density at radius 2 is 1.79 bits per heavy atom. The van der Waals surface area contributed by atoms with Gasteiger partial charge in [0.2, 0.25) is 5.91 Å². The SMILES string of the molecule is C[C@@H](CS(C)(=O)=O)N1C(=O)[C@@](C)(CC(=O)O)C[C@H](c2cccc(Cl)c2)[C@H]1c1ccc(Cl)cc1. The molecule has 1 N–H and O–H groups in total. The normalized spacial score (nSPS) is 24.5. The molecule has 0 spiro atoms. The van der Waals surface area contributed by atoms with Crippen LogP contribution in [0.25, 0.3) is 0 Å². The van der Waals surface area contributed by atoms with Gasteiger partial charge in [-0.25, -0.2) is 8.42 Å². The molecular formula is C24H27Cl2NO5S. The second-order valence-electron chi connectivity index (χ2n) is 9.15. The minimum atomic E-state index is -3.41. The number of hydrogen-bond donors (Lipinski definition) is 1. The number of aliphatic carboxylic acids is 1. The van der Waals surface area contributed by atoms with Crippen molar-refractivity contribution in [2.24, 2.45) is 5.41 Å². The lowest BCUT2D eigenvalue weighted by molar-refractivity contribution is -0.159. The van der Waals surface area contributed by atoms with Gasteiger partial charge < -0.3 is 10.0 Å². The van der Waals surface area contributed by atoms with Crippen LogP contribution in [0.15, 0.2) is 48.5 Å². The molecule has 0 bridgehead atoms. The predicted octanol–water partition coefficient (Wildman–Crippen LogP) is 4.96. The van der Waals surface area contributed by atoms with Crippen molar-refractivity contribution in [2.45, 2.75) is 44.7 Å². The Morgan fingerprint density at radius 1 is 1.15 bits per heavy atom. The topological polar surface area (TPSA) is 91.8 Å². The van der Waals surface area contributed by atoms with E-state index in [0.717, 1.165) is 17.4 Å². The van der Waals surface area contributed by atoms with Crippen molar-refractivity contribution < 1.29 is 23.1 Å². The maximum atomic E-state index is 13.8. The average Bonchev–Trinajstić information content (AvgIpc) is 2.68. The zero-order valence-electron chi connectivity index (χ0n) is 18.7. The number of rotatable bonds is 7. The lowest BCUT2D eigenvalue weighted by Gasteiger charge is -2.51. The van der Waals surface area contributed by atoms with Crippen LogP contribution in [-0.2, 0) is 19.4 Å². The van der Waals surface area contributed by atoms with Gasteiger partial charge in [-0.15, -0.1) is 0 Å². The molecule has 4 atom stereocenters. The average molecular weight is 512 g/mol. The first kappa shape index (κ1) is 25.5. The van der Waals surface area contributed by atoms with Crippen molar-refractivity contribution in [3.63, 3.8) is 0 Å². The van der Waals surface area contributed by atoms with Crippen molar-refractivity contribution in [3.05, 3.63) is 69.7 Å². The van der Waals surface area contributed by atoms with E-state index in [1.807, 2.05) is 30.3 Å². The maximum absolute atomic E-state index is 13.8. The standard InChI is InChI=1S/C24H27Cl2NO5S/c1-15(14-33(3,31)32)27-22(16-7-9-18(25)10-8-16)20(17-5-4-6-19(26)11-17)12-24(2,23(27)30)13-21(28)29/h4-11,15,20,22H,12-14H2,1-3H3,(H,28,29)/t15-,20+,22+,24+/m0/s1. The fourth-order valence-corrected chi connectivity index (χ4v) is 6.24. The Kier molecular flexibility index (Phi) is 7.46. The lowest BCUT2D eigenvalue weighted by Crippen LogP contribution is -2.56. The van der Waals surface area contributed by atoms with Crippen LogP contribution in [0, 0.1) is 5.41 Å². The van der Waals surface area contributed by atoms with Crippen molar-refractivity contribution >= 4 is 44.9 Å². The number of piperidine rings is 1. The summed E-state index contributed by atoms with van der Waals surface area (Å²) in [6.45, 7) is 3.32. The van der Waals surface area contributed by atoms with Gasteiger partial charge in [0.1, 0.15) is 9.84 Å². The molecule has 0 aromatic heterocycles. The summed E-state index contributed by atoms with van der Waals surface area (Å²) in [4.78, 5) is 27.1. The van der Waals surface area contributed by atoms with Crippen LogP contribution in [0.2, 0.25) is 10.0 Å². The van der Waals surface area contributed by atoms with Crippen LogP contribution in [-0.4, -0.2) is 48.4 Å². The number of sulfone groups is 1. The second-order valence-corrected chi connectivity index (χ2v) is 12.2.